The molecule has 0 aliphatic heterocycles. The number of hydrogen-bond acceptors (Lipinski definition) is 7. The van der Waals surface area contributed by atoms with Crippen molar-refractivity contribution in [1.82, 2.24) is 19.9 Å². The van der Waals surface area contributed by atoms with E-state index in [2.05, 4.69) is 15.0 Å². The lowest BCUT2D eigenvalue weighted by Crippen LogP contribution is -2.02. The van der Waals surface area contributed by atoms with Crippen LogP contribution < -0.4 is 10.7 Å². The summed E-state index contributed by atoms with van der Waals surface area (Å²) in [5, 5.41) is 20.7. The van der Waals surface area contributed by atoms with Crippen molar-refractivity contribution in [3.05, 3.63) is 95.2 Å². The average Bonchev–Trinajstić information content (AvgIpc) is 3.37. The molecule has 1 N–H and O–H groups in total. The van der Waals surface area contributed by atoms with Gasteiger partial charge in [0.2, 0.25) is 30.0 Å². The first-order valence-corrected chi connectivity index (χ1v) is 11.8. The minimum absolute atomic E-state index is 0.0729. The first-order valence-electron chi connectivity index (χ1n) is 11.8. The van der Waals surface area contributed by atoms with Gasteiger partial charge in [0.05, 0.1) is 16.4 Å². The zero-order valence-electron chi connectivity index (χ0n) is 20.0. The van der Waals surface area contributed by atoms with Crippen LogP contribution in [0.5, 0.6) is 0 Å². The summed E-state index contributed by atoms with van der Waals surface area (Å²) in [6.07, 6.45) is 1.78. The molecular weight excluding hydrogens is 522 g/mol. The van der Waals surface area contributed by atoms with Gasteiger partial charge in [-0.15, -0.1) is 0 Å². The Morgan fingerprint density at radius 1 is 0.550 bits per heavy atom. The predicted octanol–water partition coefficient (Wildman–Crippen LogP) is 5.51. The SMILES string of the molecule is N#C/N=c1\c2cc(-c3cc(F)nc(F)c3)ccc2c2nc3c(=N)c4cc(-c5cc(F)nc(F)c5)ccc4c3nc12. The second-order valence-electron chi connectivity index (χ2n) is 9.08. The monoisotopic (exact) mass is 533 g/mol. The van der Waals surface area contributed by atoms with E-state index in [0.717, 1.165) is 24.3 Å². The average molecular weight is 533 g/mol. The van der Waals surface area contributed by atoms with E-state index in [-0.39, 0.29) is 21.8 Å². The number of fused-ring (bicyclic) bond motifs is 6. The van der Waals surface area contributed by atoms with E-state index in [9.17, 15) is 22.8 Å². The molecule has 190 valence electrons. The number of hydrogen-bond donors (Lipinski definition) is 1. The smallest absolute Gasteiger partial charge is 0.216 e. The summed E-state index contributed by atoms with van der Waals surface area (Å²) in [7, 11) is 0. The highest BCUT2D eigenvalue weighted by Crippen LogP contribution is 2.32. The van der Waals surface area contributed by atoms with Crippen molar-refractivity contribution in [2.45, 2.75) is 0 Å². The fourth-order valence-electron chi connectivity index (χ4n) is 5.10. The quantitative estimate of drug-likeness (QED) is 0.179. The van der Waals surface area contributed by atoms with Crippen LogP contribution in [0.4, 0.5) is 17.6 Å². The van der Waals surface area contributed by atoms with Crippen LogP contribution in [0.2, 0.25) is 0 Å². The third-order valence-corrected chi connectivity index (χ3v) is 6.78. The van der Waals surface area contributed by atoms with E-state index in [1.807, 2.05) is 0 Å². The maximum Gasteiger partial charge on any atom is 0.216 e. The van der Waals surface area contributed by atoms with Crippen molar-refractivity contribution in [2.75, 3.05) is 0 Å². The summed E-state index contributed by atoms with van der Waals surface area (Å²) in [4.78, 5) is 19.7. The Morgan fingerprint density at radius 2 is 1.02 bits per heavy atom. The standard InChI is InChI=1S/C29H11F4N7/c30-20-7-14(8-21(31)37-20)12-1-3-16-18(5-12)24(35)28-26(16)40-29-25(36-11-34)19-6-13(2-4-17(19)27(29)39-28)15-9-22(32)38-23(33)10-15/h1-10,35H/b35-24?,36-25+. The molecule has 7 aromatic rings. The van der Waals surface area contributed by atoms with Crippen molar-refractivity contribution >= 4 is 43.6 Å². The molecule has 0 bridgehead atoms. The van der Waals surface area contributed by atoms with Crippen molar-refractivity contribution in [3.8, 4) is 28.4 Å². The second-order valence-corrected chi connectivity index (χ2v) is 9.08. The minimum atomic E-state index is -0.969. The number of benzene rings is 2. The number of aromatic nitrogens is 4. The highest BCUT2D eigenvalue weighted by molar-refractivity contribution is 6.15. The lowest BCUT2D eigenvalue weighted by Gasteiger charge is -2.02. The molecule has 3 heterocycles. The van der Waals surface area contributed by atoms with Gasteiger partial charge in [-0.1, -0.05) is 24.3 Å². The van der Waals surface area contributed by atoms with Crippen LogP contribution in [0.1, 0.15) is 0 Å². The number of nitriles is 1. The maximum atomic E-state index is 13.8. The number of nitrogens with zero attached hydrogens (tertiary/aromatic N) is 6. The molecule has 7 rings (SSSR count). The summed E-state index contributed by atoms with van der Waals surface area (Å²) in [6, 6.07) is 14.4. The van der Waals surface area contributed by atoms with Gasteiger partial charge in [-0.25, -0.2) is 9.97 Å². The van der Waals surface area contributed by atoms with Gasteiger partial charge in [-0.2, -0.15) is 37.8 Å². The summed E-state index contributed by atoms with van der Waals surface area (Å²) in [5.74, 6) is -3.86. The summed E-state index contributed by atoms with van der Waals surface area (Å²) >= 11 is 0. The summed E-state index contributed by atoms with van der Waals surface area (Å²) in [6.45, 7) is 0. The van der Waals surface area contributed by atoms with Crippen molar-refractivity contribution in [3.63, 3.8) is 0 Å². The molecule has 0 saturated heterocycles. The van der Waals surface area contributed by atoms with E-state index in [4.69, 9.17) is 15.4 Å². The molecule has 11 heteroatoms. The molecule has 0 amide bonds. The Balaban J connectivity index is 1.50. The number of rotatable bonds is 2. The van der Waals surface area contributed by atoms with Gasteiger partial charge < -0.3 is 0 Å². The second kappa shape index (κ2) is 8.44. The predicted molar refractivity (Wildman–Crippen MR) is 138 cm³/mol. The number of nitrogens with one attached hydrogen (secondary N) is 1. The molecule has 40 heavy (non-hydrogen) atoms. The van der Waals surface area contributed by atoms with Gasteiger partial charge in [0.1, 0.15) is 16.4 Å². The summed E-state index contributed by atoms with van der Waals surface area (Å²) in [5.41, 5.74) is 2.89. The molecule has 0 radical (unpaired) electrons. The number of halogens is 4. The van der Waals surface area contributed by atoms with E-state index < -0.39 is 23.8 Å². The molecule has 4 aromatic carbocycles. The molecule has 0 spiro atoms. The fraction of sp³-hybridized carbons (Fsp3) is 0. The molecule has 0 aliphatic carbocycles. The van der Waals surface area contributed by atoms with Crippen LogP contribution in [0.25, 0.3) is 65.9 Å². The Bertz CT molecular complexity index is 2330. The van der Waals surface area contributed by atoms with Gasteiger partial charge in [0.25, 0.3) is 0 Å². The Labute approximate surface area is 220 Å². The van der Waals surface area contributed by atoms with E-state index >= 15 is 0 Å². The third-order valence-electron chi connectivity index (χ3n) is 6.78. The van der Waals surface area contributed by atoms with Crippen molar-refractivity contribution < 1.29 is 17.6 Å². The zero-order valence-corrected chi connectivity index (χ0v) is 20.0. The van der Waals surface area contributed by atoms with Crippen LogP contribution in [0.3, 0.4) is 0 Å². The summed E-state index contributed by atoms with van der Waals surface area (Å²) < 4.78 is 54.9. The van der Waals surface area contributed by atoms with Gasteiger partial charge >= 0.3 is 0 Å². The van der Waals surface area contributed by atoms with E-state index in [0.29, 0.717) is 54.7 Å². The first-order chi connectivity index (χ1) is 19.3. The number of pyridine rings is 2. The van der Waals surface area contributed by atoms with Gasteiger partial charge in [-0.05, 0) is 34.4 Å². The topological polar surface area (TPSA) is 112 Å². The molecule has 0 aliphatic rings. The molecule has 0 saturated carbocycles. The van der Waals surface area contributed by atoms with Crippen LogP contribution in [0.15, 0.2) is 65.7 Å². The lowest BCUT2D eigenvalue weighted by molar-refractivity contribution is 0.512. The van der Waals surface area contributed by atoms with Crippen LogP contribution in [-0.4, -0.2) is 19.9 Å². The third kappa shape index (κ3) is 3.50. The fourth-order valence-corrected chi connectivity index (χ4v) is 5.10. The molecule has 3 aromatic heterocycles. The van der Waals surface area contributed by atoms with E-state index in [1.165, 1.54) is 0 Å². The maximum absolute atomic E-state index is 13.8. The van der Waals surface area contributed by atoms with Crippen LogP contribution in [0, 0.1) is 40.7 Å². The molecular formula is C29H11F4N7. The van der Waals surface area contributed by atoms with Gasteiger partial charge in [0.15, 0.2) is 0 Å². The zero-order chi connectivity index (χ0) is 27.7. The Kier molecular flexibility index (Phi) is 4.95. The lowest BCUT2D eigenvalue weighted by atomic mass is 10.0. The highest BCUT2D eigenvalue weighted by Gasteiger charge is 2.19. The van der Waals surface area contributed by atoms with Gasteiger partial charge in [0, 0.05) is 45.8 Å². The van der Waals surface area contributed by atoms with Crippen molar-refractivity contribution in [2.24, 2.45) is 4.99 Å². The largest absolute Gasteiger partial charge is 0.298 e. The molecule has 0 fully saturated rings. The molecule has 7 nitrogen and oxygen atoms in total. The van der Waals surface area contributed by atoms with Crippen LogP contribution >= 0.6 is 0 Å². The first kappa shape index (κ1) is 23.5. The Hall–Kier alpha value is -5.63. The molecule has 0 atom stereocenters. The highest BCUT2D eigenvalue weighted by atomic mass is 19.1. The van der Waals surface area contributed by atoms with E-state index in [1.54, 1.807) is 42.6 Å². The Morgan fingerprint density at radius 3 is 1.57 bits per heavy atom. The van der Waals surface area contributed by atoms with Crippen molar-refractivity contribution in [1.29, 1.82) is 10.7 Å². The van der Waals surface area contributed by atoms with Gasteiger partial charge in [-0.3, -0.25) is 5.41 Å². The minimum Gasteiger partial charge on any atom is -0.298 e. The molecule has 0 unspecified atom stereocenters. The normalized spacial score (nSPS) is 12.2. The van der Waals surface area contributed by atoms with Crippen LogP contribution in [-0.2, 0) is 0 Å².